The molecule has 1 aliphatic rings. The van der Waals surface area contributed by atoms with Crippen LogP contribution >= 0.6 is 0 Å². The fraction of sp³-hybridized carbons (Fsp3) is 0.444. The molecule has 1 aliphatic heterocycles. The normalized spacial score (nSPS) is 15.7. The summed E-state index contributed by atoms with van der Waals surface area (Å²) in [5.41, 5.74) is 0.490. The van der Waals surface area contributed by atoms with Crippen molar-refractivity contribution in [3.8, 4) is 6.07 Å². The number of carbonyl (C=O) groups excluding carboxylic acids is 3. The molecule has 1 N–H and O–H groups in total. The Balaban J connectivity index is 2.21. The number of benzene rings is 1. The van der Waals surface area contributed by atoms with E-state index in [0.29, 0.717) is 11.1 Å². The summed E-state index contributed by atoms with van der Waals surface area (Å²) < 4.78 is 5.26. The van der Waals surface area contributed by atoms with Crippen molar-refractivity contribution in [2.75, 3.05) is 6.54 Å². The van der Waals surface area contributed by atoms with Crippen molar-refractivity contribution >= 4 is 17.9 Å². The van der Waals surface area contributed by atoms with Crippen LogP contribution in [0.3, 0.4) is 0 Å². The standard InChI is InChI=1S/C18H21N3O4/c1-18(2,3)25-17(24)20-14(11-21-15(22)8-9-16(21)23)13-6-4-12(10-19)5-7-13/h4-7,14H,8-9,11H2,1-3H3,(H,20,24). The Bertz CT molecular complexity index is 697. The summed E-state index contributed by atoms with van der Waals surface area (Å²) in [5.74, 6) is -0.510. The van der Waals surface area contributed by atoms with Gasteiger partial charge in [-0.1, -0.05) is 12.1 Å². The van der Waals surface area contributed by atoms with Gasteiger partial charge in [0.2, 0.25) is 11.8 Å². The lowest BCUT2D eigenvalue weighted by Gasteiger charge is -2.26. The second kappa shape index (κ2) is 7.34. The molecule has 2 rings (SSSR count). The molecule has 1 heterocycles. The summed E-state index contributed by atoms with van der Waals surface area (Å²) in [6, 6.07) is 8.01. The van der Waals surface area contributed by atoms with E-state index < -0.39 is 17.7 Å². The van der Waals surface area contributed by atoms with Gasteiger partial charge in [-0.3, -0.25) is 14.5 Å². The maximum atomic E-state index is 12.1. The predicted molar refractivity (Wildman–Crippen MR) is 89.2 cm³/mol. The van der Waals surface area contributed by atoms with Gasteiger partial charge in [0.25, 0.3) is 0 Å². The van der Waals surface area contributed by atoms with E-state index in [9.17, 15) is 14.4 Å². The van der Waals surface area contributed by atoms with Crippen LogP contribution < -0.4 is 5.32 Å². The monoisotopic (exact) mass is 343 g/mol. The van der Waals surface area contributed by atoms with Crippen molar-refractivity contribution in [3.63, 3.8) is 0 Å². The van der Waals surface area contributed by atoms with Gasteiger partial charge in [-0.05, 0) is 38.5 Å². The van der Waals surface area contributed by atoms with Crippen LogP contribution in [0.1, 0.15) is 50.8 Å². The number of hydrogen-bond acceptors (Lipinski definition) is 5. The summed E-state index contributed by atoms with van der Waals surface area (Å²) in [5, 5.41) is 11.6. The van der Waals surface area contributed by atoms with Gasteiger partial charge >= 0.3 is 6.09 Å². The Morgan fingerprint density at radius 2 is 1.80 bits per heavy atom. The Labute approximate surface area is 146 Å². The number of imide groups is 1. The third kappa shape index (κ3) is 5.05. The number of likely N-dealkylation sites (tertiary alicyclic amines) is 1. The van der Waals surface area contributed by atoms with Crippen molar-refractivity contribution in [1.82, 2.24) is 10.2 Å². The Morgan fingerprint density at radius 3 is 2.28 bits per heavy atom. The highest BCUT2D eigenvalue weighted by molar-refractivity contribution is 6.02. The maximum Gasteiger partial charge on any atom is 0.408 e. The second-order valence-electron chi connectivity index (χ2n) is 6.83. The topological polar surface area (TPSA) is 99.5 Å². The van der Waals surface area contributed by atoms with E-state index in [1.165, 1.54) is 0 Å². The third-order valence-corrected chi connectivity index (χ3v) is 3.65. The van der Waals surface area contributed by atoms with Crippen LogP contribution in [0.2, 0.25) is 0 Å². The molecule has 0 saturated carbocycles. The molecule has 0 spiro atoms. The van der Waals surface area contributed by atoms with Crippen molar-refractivity contribution in [2.45, 2.75) is 45.3 Å². The SMILES string of the molecule is CC(C)(C)OC(=O)NC(CN1C(=O)CCC1=O)c1ccc(C#N)cc1. The minimum absolute atomic E-state index is 0.0306. The number of hydrogen-bond donors (Lipinski definition) is 1. The summed E-state index contributed by atoms with van der Waals surface area (Å²) in [6.45, 7) is 5.27. The molecule has 1 atom stereocenters. The van der Waals surface area contributed by atoms with Gasteiger partial charge in [0.05, 0.1) is 24.2 Å². The van der Waals surface area contributed by atoms with Crippen molar-refractivity contribution < 1.29 is 19.1 Å². The maximum absolute atomic E-state index is 12.1. The van der Waals surface area contributed by atoms with E-state index >= 15 is 0 Å². The summed E-state index contributed by atoms with van der Waals surface area (Å²) in [6.07, 6.45) is -0.266. The first kappa shape index (κ1) is 18.5. The largest absolute Gasteiger partial charge is 0.444 e. The number of amides is 3. The quantitative estimate of drug-likeness (QED) is 0.846. The van der Waals surface area contributed by atoms with Gasteiger partial charge in [0, 0.05) is 12.8 Å². The molecule has 1 aromatic carbocycles. The van der Waals surface area contributed by atoms with E-state index in [2.05, 4.69) is 5.32 Å². The molecule has 0 aliphatic carbocycles. The Morgan fingerprint density at radius 1 is 1.24 bits per heavy atom. The van der Waals surface area contributed by atoms with Crippen molar-refractivity contribution in [2.24, 2.45) is 0 Å². The summed E-state index contributed by atoms with van der Waals surface area (Å²) in [4.78, 5) is 37.1. The zero-order chi connectivity index (χ0) is 18.6. The zero-order valence-electron chi connectivity index (χ0n) is 14.5. The zero-order valence-corrected chi connectivity index (χ0v) is 14.5. The number of nitrogens with zero attached hydrogens (tertiary/aromatic N) is 2. The minimum atomic E-state index is -0.668. The Hall–Kier alpha value is -2.88. The van der Waals surface area contributed by atoms with Gasteiger partial charge in [-0.15, -0.1) is 0 Å². The van der Waals surface area contributed by atoms with E-state index in [0.717, 1.165) is 4.90 Å². The molecule has 7 nitrogen and oxygen atoms in total. The first-order valence-corrected chi connectivity index (χ1v) is 8.02. The fourth-order valence-electron chi connectivity index (χ4n) is 2.48. The first-order valence-electron chi connectivity index (χ1n) is 8.02. The summed E-state index contributed by atoms with van der Waals surface area (Å²) >= 11 is 0. The van der Waals surface area contributed by atoms with Crippen LogP contribution in [0, 0.1) is 11.3 Å². The molecule has 1 saturated heterocycles. The van der Waals surface area contributed by atoms with Gasteiger partial charge < -0.3 is 10.1 Å². The molecule has 0 bridgehead atoms. The van der Waals surface area contributed by atoms with E-state index in [-0.39, 0.29) is 31.2 Å². The molecule has 7 heteroatoms. The predicted octanol–water partition coefficient (Wildman–Crippen LogP) is 2.27. The number of nitriles is 1. The molecule has 0 aromatic heterocycles. The van der Waals surface area contributed by atoms with Crippen LogP contribution in [0.4, 0.5) is 4.79 Å². The average molecular weight is 343 g/mol. The van der Waals surface area contributed by atoms with E-state index in [1.807, 2.05) is 6.07 Å². The lowest BCUT2D eigenvalue weighted by atomic mass is 10.0. The molecule has 1 unspecified atom stereocenters. The molecule has 0 radical (unpaired) electrons. The van der Waals surface area contributed by atoms with E-state index in [1.54, 1.807) is 45.0 Å². The first-order chi connectivity index (χ1) is 11.7. The molecule has 3 amide bonds. The molecule has 132 valence electrons. The highest BCUT2D eigenvalue weighted by Crippen LogP contribution is 2.21. The highest BCUT2D eigenvalue weighted by Gasteiger charge is 2.32. The van der Waals surface area contributed by atoms with Crippen LogP contribution in [0.5, 0.6) is 0 Å². The van der Waals surface area contributed by atoms with Gasteiger partial charge in [-0.2, -0.15) is 5.26 Å². The number of nitrogens with one attached hydrogen (secondary N) is 1. The smallest absolute Gasteiger partial charge is 0.408 e. The molecule has 1 aromatic rings. The van der Waals surface area contributed by atoms with Gasteiger partial charge in [0.15, 0.2) is 0 Å². The third-order valence-electron chi connectivity index (χ3n) is 3.65. The molecule has 25 heavy (non-hydrogen) atoms. The number of ether oxygens (including phenoxy) is 1. The molecular formula is C18H21N3O4. The fourth-order valence-corrected chi connectivity index (χ4v) is 2.48. The van der Waals surface area contributed by atoms with Crippen molar-refractivity contribution in [1.29, 1.82) is 5.26 Å². The van der Waals surface area contributed by atoms with E-state index in [4.69, 9.17) is 10.00 Å². The van der Waals surface area contributed by atoms with Gasteiger partial charge in [-0.25, -0.2) is 4.79 Å². The lowest BCUT2D eigenvalue weighted by molar-refractivity contribution is -0.138. The average Bonchev–Trinajstić information content (AvgIpc) is 2.84. The molecule has 1 fully saturated rings. The van der Waals surface area contributed by atoms with Gasteiger partial charge in [0.1, 0.15) is 5.60 Å². The minimum Gasteiger partial charge on any atom is -0.444 e. The van der Waals surface area contributed by atoms with Crippen LogP contribution in [0.25, 0.3) is 0 Å². The summed E-state index contributed by atoms with van der Waals surface area (Å²) in [7, 11) is 0. The van der Waals surface area contributed by atoms with Crippen LogP contribution in [-0.2, 0) is 14.3 Å². The Kier molecular flexibility index (Phi) is 5.42. The van der Waals surface area contributed by atoms with Crippen LogP contribution in [0.15, 0.2) is 24.3 Å². The lowest BCUT2D eigenvalue weighted by Crippen LogP contribution is -2.42. The van der Waals surface area contributed by atoms with Crippen molar-refractivity contribution in [3.05, 3.63) is 35.4 Å². The number of alkyl carbamates (subject to hydrolysis) is 1. The second-order valence-corrected chi connectivity index (χ2v) is 6.83. The molecular weight excluding hydrogens is 322 g/mol. The highest BCUT2D eigenvalue weighted by atomic mass is 16.6. The number of carbonyl (C=O) groups is 3. The van der Waals surface area contributed by atoms with Crippen LogP contribution in [-0.4, -0.2) is 35.0 Å². The number of rotatable bonds is 4.